The lowest BCUT2D eigenvalue weighted by Gasteiger charge is -1.48. The van der Waals surface area contributed by atoms with Crippen molar-refractivity contribution >= 4 is 14.2 Å². The molecule has 1 rings (SSSR count). The van der Waals surface area contributed by atoms with Crippen LogP contribution in [0.1, 0.15) is 0 Å². The number of hydrogen-bond acceptors (Lipinski definition) is 1. The van der Waals surface area contributed by atoms with E-state index >= 15 is 0 Å². The summed E-state index contributed by atoms with van der Waals surface area (Å²) in [6.45, 7) is 2.46. The lowest BCUT2D eigenvalue weighted by Crippen LogP contribution is -1.72. The molecule has 19 valence electrons. The summed E-state index contributed by atoms with van der Waals surface area (Å²) >= 11 is 0. The Bertz CT molecular complexity index is 25.2. The Labute approximate surface area is 26.7 Å². The van der Waals surface area contributed by atoms with E-state index in [1.54, 1.807) is 7.37 Å². The van der Waals surface area contributed by atoms with E-state index in [0.29, 0.717) is 6.81 Å². The van der Waals surface area contributed by atoms with Crippen molar-refractivity contribution in [1.29, 1.82) is 0 Å². The maximum Gasteiger partial charge on any atom is 0.265 e. The first-order valence-electron chi connectivity index (χ1n) is 1.38. The standard InChI is InChI=1S/CH3B2O/c1-3-2-4-3/h1H3. The van der Waals surface area contributed by atoms with E-state index in [1.165, 1.54) is 0 Å². The molecule has 0 aromatic rings. The van der Waals surface area contributed by atoms with Crippen LogP contribution in [-0.2, 0) is 4.57 Å². The fourth-order valence-corrected chi connectivity index (χ4v) is 0.0786. The van der Waals surface area contributed by atoms with Gasteiger partial charge in [0, 0.05) is 0 Å². The zero-order valence-electron chi connectivity index (χ0n) is 2.56. The second-order valence-corrected chi connectivity index (χ2v) is 0.977. The van der Waals surface area contributed by atoms with Crippen LogP contribution in [-0.4, -0.2) is 14.2 Å². The zero-order chi connectivity index (χ0) is 2.99. The zero-order valence-corrected chi connectivity index (χ0v) is 2.56. The van der Waals surface area contributed by atoms with Gasteiger partial charge in [0.25, 0.3) is 14.2 Å². The Morgan fingerprint density at radius 2 is 2.25 bits per heavy atom. The summed E-state index contributed by atoms with van der Waals surface area (Å²) in [6, 6.07) is 0. The van der Waals surface area contributed by atoms with E-state index in [1.807, 2.05) is 6.82 Å². The normalized spacial score (nSPS) is 19.8. The van der Waals surface area contributed by atoms with Crippen LogP contribution >= 0.6 is 0 Å². The quantitative estimate of drug-likeness (QED) is 0.274. The first-order chi connectivity index (χ1) is 1.89. The van der Waals surface area contributed by atoms with Gasteiger partial charge in [0.2, 0.25) is 0 Å². The fraction of sp³-hybridized carbons (Fsp3) is 1.00. The van der Waals surface area contributed by atoms with Crippen molar-refractivity contribution in [3.05, 3.63) is 0 Å². The van der Waals surface area contributed by atoms with E-state index in [9.17, 15) is 0 Å². The lowest BCUT2D eigenvalue weighted by molar-refractivity contribution is 0.737. The summed E-state index contributed by atoms with van der Waals surface area (Å²) in [5, 5.41) is 0. The predicted octanol–water partition coefficient (Wildman–Crippen LogP) is -0.246. The highest BCUT2D eigenvalue weighted by atomic mass is 16.4. The molecule has 0 atom stereocenters. The molecule has 0 aromatic carbocycles. The lowest BCUT2D eigenvalue weighted by atomic mass is 9.58. The smallest absolute Gasteiger partial charge is 0.265 e. The predicted molar refractivity (Wildman–Crippen MR) is 18.5 cm³/mol. The van der Waals surface area contributed by atoms with E-state index in [4.69, 9.17) is 0 Å². The molecule has 0 aromatic heterocycles. The van der Waals surface area contributed by atoms with Gasteiger partial charge in [-0.05, 0) is 0 Å². The minimum atomic E-state index is 0.458. The van der Waals surface area contributed by atoms with Gasteiger partial charge >= 0.3 is 0 Å². The summed E-state index contributed by atoms with van der Waals surface area (Å²) in [5.41, 5.74) is 0. The molecule has 0 N–H and O–H groups in total. The molecule has 0 bridgehead atoms. The third kappa shape index (κ3) is 0.260. The first-order valence-corrected chi connectivity index (χ1v) is 1.38. The van der Waals surface area contributed by atoms with Gasteiger partial charge in [-0.1, -0.05) is 6.82 Å². The van der Waals surface area contributed by atoms with E-state index in [-0.39, 0.29) is 0 Å². The molecule has 4 heavy (non-hydrogen) atoms. The molecule has 1 fully saturated rings. The van der Waals surface area contributed by atoms with Gasteiger partial charge in [0.15, 0.2) is 0 Å². The molecule has 1 radical (unpaired) electrons. The van der Waals surface area contributed by atoms with Crippen LogP contribution in [0.5, 0.6) is 0 Å². The average molecular weight is 52.7 g/mol. The fourth-order valence-electron chi connectivity index (χ4n) is 0.0786. The Balaban J connectivity index is 2.17. The first kappa shape index (κ1) is 2.33. The van der Waals surface area contributed by atoms with Crippen LogP contribution in [0.25, 0.3) is 0 Å². The van der Waals surface area contributed by atoms with Gasteiger partial charge in [-0.15, -0.1) is 0 Å². The van der Waals surface area contributed by atoms with E-state index in [2.05, 4.69) is 4.57 Å². The summed E-state index contributed by atoms with van der Waals surface area (Å²) in [7, 11) is 1.79. The molecule has 1 aliphatic rings. The van der Waals surface area contributed by atoms with Gasteiger partial charge in [0.1, 0.15) is 0 Å². The van der Waals surface area contributed by atoms with Gasteiger partial charge in [-0.2, -0.15) is 0 Å². The molecule has 1 heterocycles. The maximum atomic E-state index is 4.58. The molecule has 3 heteroatoms. The highest BCUT2D eigenvalue weighted by Gasteiger charge is 2.23. The van der Waals surface area contributed by atoms with Crippen molar-refractivity contribution in [3.63, 3.8) is 0 Å². The molecule has 0 aliphatic carbocycles. The molecular weight excluding hydrogens is 49.6 g/mol. The van der Waals surface area contributed by atoms with Gasteiger partial charge in [-0.3, -0.25) is 0 Å². The maximum absolute atomic E-state index is 4.58. The van der Waals surface area contributed by atoms with Gasteiger partial charge in [0.05, 0.1) is 0 Å². The second kappa shape index (κ2) is 0.521. The highest BCUT2D eigenvalue weighted by molar-refractivity contribution is 7.20. The van der Waals surface area contributed by atoms with Gasteiger partial charge in [-0.25, -0.2) is 0 Å². The molecule has 0 amide bonds. The average Bonchev–Trinajstić information content (AvgIpc) is 1.75. The van der Waals surface area contributed by atoms with Crippen molar-refractivity contribution in [3.8, 4) is 0 Å². The summed E-state index contributed by atoms with van der Waals surface area (Å²) in [5.74, 6) is 0. The molecule has 0 unspecified atom stereocenters. The minimum absolute atomic E-state index is 0.458. The van der Waals surface area contributed by atoms with Crippen molar-refractivity contribution in [1.82, 2.24) is 0 Å². The van der Waals surface area contributed by atoms with Crippen LogP contribution in [0.15, 0.2) is 0 Å². The molecule has 1 saturated heterocycles. The summed E-state index contributed by atoms with van der Waals surface area (Å²) < 4.78 is 4.58. The molecule has 1 nitrogen and oxygen atoms in total. The Kier molecular flexibility index (Phi) is 0.304. The van der Waals surface area contributed by atoms with Crippen LogP contribution in [0.4, 0.5) is 0 Å². The van der Waals surface area contributed by atoms with E-state index < -0.39 is 0 Å². The van der Waals surface area contributed by atoms with Crippen molar-refractivity contribution in [2.45, 2.75) is 6.82 Å². The Morgan fingerprint density at radius 1 is 2.00 bits per heavy atom. The third-order valence-electron chi connectivity index (χ3n) is 0.408. The number of rotatable bonds is 0. The molecule has 0 spiro atoms. The van der Waals surface area contributed by atoms with Crippen LogP contribution < -0.4 is 0 Å². The SMILES string of the molecule is CB1[B]O1. The van der Waals surface area contributed by atoms with Crippen LogP contribution in [0.2, 0.25) is 6.82 Å². The largest absolute Gasteiger partial charge is 0.510 e. The van der Waals surface area contributed by atoms with Crippen molar-refractivity contribution in [2.24, 2.45) is 0 Å². The van der Waals surface area contributed by atoms with E-state index in [0.717, 1.165) is 0 Å². The number of hydrogen-bond donors (Lipinski definition) is 0. The summed E-state index contributed by atoms with van der Waals surface area (Å²) in [6.07, 6.45) is 0. The Hall–Kier alpha value is 0.0899. The monoisotopic (exact) mass is 53.0 g/mol. The topological polar surface area (TPSA) is 12.5 Å². The second-order valence-electron chi connectivity index (χ2n) is 0.977. The summed E-state index contributed by atoms with van der Waals surface area (Å²) in [4.78, 5) is 0. The minimum Gasteiger partial charge on any atom is -0.510 e. The molecular formula is CH3B2O. The van der Waals surface area contributed by atoms with Crippen LogP contribution in [0.3, 0.4) is 0 Å². The van der Waals surface area contributed by atoms with Gasteiger partial charge < -0.3 is 4.57 Å². The molecule has 1 aliphatic heterocycles. The molecule has 0 saturated carbocycles. The highest BCUT2D eigenvalue weighted by Crippen LogP contribution is 1.94. The Morgan fingerprint density at radius 3 is 2.25 bits per heavy atom. The third-order valence-corrected chi connectivity index (χ3v) is 0.408. The van der Waals surface area contributed by atoms with Crippen LogP contribution in [0, 0.1) is 0 Å². The van der Waals surface area contributed by atoms with Crippen molar-refractivity contribution in [2.75, 3.05) is 0 Å². The van der Waals surface area contributed by atoms with Crippen molar-refractivity contribution < 1.29 is 4.57 Å².